The molecular weight excluding hydrogens is 540 g/mol. The van der Waals surface area contributed by atoms with Crippen molar-refractivity contribution in [2.75, 3.05) is 19.8 Å². The lowest BCUT2D eigenvalue weighted by Crippen LogP contribution is -2.35. The molecule has 0 spiro atoms. The van der Waals surface area contributed by atoms with E-state index in [0.717, 1.165) is 11.1 Å². The maximum absolute atomic E-state index is 11.9. The van der Waals surface area contributed by atoms with E-state index in [2.05, 4.69) is 13.8 Å². The van der Waals surface area contributed by atoms with Crippen molar-refractivity contribution in [3.63, 3.8) is 0 Å². The third kappa shape index (κ3) is 11.6. The lowest BCUT2D eigenvalue weighted by atomic mass is 9.78. The van der Waals surface area contributed by atoms with Gasteiger partial charge in [-0.2, -0.15) is 0 Å². The number of benzene rings is 2. The van der Waals surface area contributed by atoms with E-state index in [1.807, 2.05) is 62.4 Å². The second-order valence-electron chi connectivity index (χ2n) is 11.9. The number of aliphatic hydroxyl groups excluding tert-OH is 2. The van der Waals surface area contributed by atoms with Gasteiger partial charge in [0.15, 0.2) is 6.29 Å². The molecule has 9 heteroatoms. The fourth-order valence-corrected chi connectivity index (χ4v) is 3.87. The zero-order chi connectivity index (χ0) is 31.4. The number of hydrogen-bond acceptors (Lipinski definition) is 9. The van der Waals surface area contributed by atoms with Crippen molar-refractivity contribution >= 4 is 11.9 Å². The lowest BCUT2D eigenvalue weighted by Gasteiger charge is -2.27. The minimum Gasteiger partial charge on any atom is -0.491 e. The first-order chi connectivity index (χ1) is 19.7. The van der Waals surface area contributed by atoms with Crippen LogP contribution in [0.4, 0.5) is 0 Å². The Kier molecular flexibility index (Phi) is 13.8. The highest BCUT2D eigenvalue weighted by Gasteiger charge is 2.24. The van der Waals surface area contributed by atoms with Crippen LogP contribution in [0.25, 0.3) is 0 Å². The largest absolute Gasteiger partial charge is 0.491 e. The summed E-state index contributed by atoms with van der Waals surface area (Å²) in [6.45, 7) is 15.0. The predicted molar refractivity (Wildman–Crippen MR) is 159 cm³/mol. The van der Waals surface area contributed by atoms with Gasteiger partial charge in [0.25, 0.3) is 0 Å². The van der Waals surface area contributed by atoms with Crippen molar-refractivity contribution in [3.05, 3.63) is 59.7 Å². The number of carbonyl (C=O) groups excluding carboxylic acids is 2. The third-order valence-corrected chi connectivity index (χ3v) is 6.58. The summed E-state index contributed by atoms with van der Waals surface area (Å²) in [5.74, 6) is 0.0308. The number of hydrogen-bond donors (Lipinski definition) is 2. The average Bonchev–Trinajstić information content (AvgIpc) is 2.92. The van der Waals surface area contributed by atoms with Crippen LogP contribution in [0.15, 0.2) is 48.5 Å². The van der Waals surface area contributed by atoms with Crippen molar-refractivity contribution in [2.24, 2.45) is 11.8 Å². The molecule has 0 aromatic heterocycles. The van der Waals surface area contributed by atoms with Crippen LogP contribution in [0.3, 0.4) is 0 Å². The molecule has 0 saturated carbocycles. The van der Waals surface area contributed by atoms with Gasteiger partial charge in [0.05, 0.1) is 24.5 Å². The van der Waals surface area contributed by atoms with Gasteiger partial charge < -0.3 is 33.9 Å². The minimum absolute atomic E-state index is 0.0140. The van der Waals surface area contributed by atoms with Crippen molar-refractivity contribution in [2.45, 2.75) is 91.8 Å². The van der Waals surface area contributed by atoms with Crippen LogP contribution < -0.4 is 9.47 Å². The van der Waals surface area contributed by atoms with E-state index < -0.39 is 24.5 Å². The van der Waals surface area contributed by atoms with Gasteiger partial charge in [-0.3, -0.25) is 9.59 Å². The summed E-state index contributed by atoms with van der Waals surface area (Å²) in [7, 11) is 0. The molecule has 0 heterocycles. The molecule has 0 fully saturated rings. The van der Waals surface area contributed by atoms with E-state index in [0.29, 0.717) is 11.5 Å². The highest BCUT2D eigenvalue weighted by Crippen LogP contribution is 2.33. The molecule has 0 radical (unpaired) electrons. The molecular formula is C33H48O9. The highest BCUT2D eigenvalue weighted by atomic mass is 16.6. The number of rotatable bonds is 17. The number of esters is 2. The van der Waals surface area contributed by atoms with Gasteiger partial charge in [-0.15, -0.1) is 0 Å². The van der Waals surface area contributed by atoms with E-state index >= 15 is 0 Å². The molecule has 9 nitrogen and oxygen atoms in total. The Labute approximate surface area is 250 Å². The van der Waals surface area contributed by atoms with Crippen molar-refractivity contribution in [1.29, 1.82) is 0 Å². The molecule has 0 aliphatic heterocycles. The summed E-state index contributed by atoms with van der Waals surface area (Å²) in [5, 5.41) is 20.2. The van der Waals surface area contributed by atoms with Crippen molar-refractivity contribution in [1.82, 2.24) is 0 Å². The number of carbonyl (C=O) groups is 2. The second kappa shape index (κ2) is 16.5. The molecule has 3 atom stereocenters. The smallest absolute Gasteiger partial charge is 0.308 e. The average molecular weight is 589 g/mol. The Morgan fingerprint density at radius 3 is 1.71 bits per heavy atom. The Morgan fingerprint density at radius 1 is 0.762 bits per heavy atom. The Morgan fingerprint density at radius 2 is 1.26 bits per heavy atom. The molecule has 234 valence electrons. The van der Waals surface area contributed by atoms with E-state index in [-0.39, 0.29) is 55.6 Å². The molecule has 2 aromatic carbocycles. The Bertz CT molecular complexity index is 1090. The number of ether oxygens (including phenoxy) is 5. The van der Waals surface area contributed by atoms with E-state index in [1.54, 1.807) is 27.7 Å². The summed E-state index contributed by atoms with van der Waals surface area (Å²) in [4.78, 5) is 23.6. The molecule has 2 rings (SSSR count). The fourth-order valence-electron chi connectivity index (χ4n) is 3.87. The standard InChI is InChI=1S/C33H48O9/c1-21(2)31(36)40-20-29(42-32(37)22(3)4)19-39-28-15-11-25(12-16-28)33(7,8)24-9-13-27(14-10-24)38-18-26(34)17-30(35)41-23(5)6/h9-16,21-23,26,29,32,34,37H,17-20H2,1-8H3. The Hall–Kier alpha value is -3.14. The first-order valence-electron chi connectivity index (χ1n) is 14.5. The summed E-state index contributed by atoms with van der Waals surface area (Å²) >= 11 is 0. The van der Waals surface area contributed by atoms with Crippen molar-refractivity contribution in [3.8, 4) is 11.5 Å². The maximum Gasteiger partial charge on any atom is 0.308 e. The number of aliphatic hydroxyl groups is 2. The third-order valence-electron chi connectivity index (χ3n) is 6.58. The van der Waals surface area contributed by atoms with Crippen molar-refractivity contribution < 1.29 is 43.5 Å². The summed E-state index contributed by atoms with van der Waals surface area (Å²) in [6, 6.07) is 15.3. The second-order valence-corrected chi connectivity index (χ2v) is 11.9. The van der Waals surface area contributed by atoms with E-state index in [1.165, 1.54) is 0 Å². The first-order valence-corrected chi connectivity index (χ1v) is 14.5. The van der Waals surface area contributed by atoms with Crippen LogP contribution in [0.5, 0.6) is 11.5 Å². The summed E-state index contributed by atoms with van der Waals surface area (Å²) < 4.78 is 27.6. The highest BCUT2D eigenvalue weighted by molar-refractivity contribution is 5.71. The Balaban J connectivity index is 1.97. The quantitative estimate of drug-likeness (QED) is 0.194. The zero-order valence-electron chi connectivity index (χ0n) is 26.2. The minimum atomic E-state index is -1.00. The maximum atomic E-state index is 11.9. The van der Waals surface area contributed by atoms with Gasteiger partial charge in [0.2, 0.25) is 0 Å². The molecule has 0 saturated heterocycles. The molecule has 2 aromatic rings. The van der Waals surface area contributed by atoms with Crippen LogP contribution in [-0.4, -0.2) is 66.6 Å². The van der Waals surface area contributed by atoms with Gasteiger partial charge in [-0.1, -0.05) is 65.8 Å². The first kappa shape index (κ1) is 35.1. The molecule has 0 aliphatic rings. The van der Waals surface area contributed by atoms with E-state index in [9.17, 15) is 19.8 Å². The zero-order valence-corrected chi connectivity index (χ0v) is 26.2. The van der Waals surface area contributed by atoms with Gasteiger partial charge in [0, 0.05) is 11.3 Å². The molecule has 2 N–H and O–H groups in total. The molecule has 3 unspecified atom stereocenters. The SMILES string of the molecule is CC(C)OC(=O)CC(O)COc1ccc(C(C)(C)c2ccc(OCC(COC(=O)C(C)C)OC(O)C(C)C)cc2)cc1. The summed E-state index contributed by atoms with van der Waals surface area (Å²) in [5.41, 5.74) is 1.80. The van der Waals surface area contributed by atoms with Crippen LogP contribution in [0.1, 0.15) is 72.9 Å². The molecule has 0 amide bonds. The molecule has 42 heavy (non-hydrogen) atoms. The molecule has 0 bridgehead atoms. The summed E-state index contributed by atoms with van der Waals surface area (Å²) in [6.07, 6.45) is -2.94. The van der Waals surface area contributed by atoms with Gasteiger partial charge in [-0.25, -0.2) is 0 Å². The monoisotopic (exact) mass is 588 g/mol. The predicted octanol–water partition coefficient (Wildman–Crippen LogP) is 5.03. The van der Waals surface area contributed by atoms with Gasteiger partial charge in [-0.05, 0) is 49.2 Å². The van der Waals surface area contributed by atoms with E-state index in [4.69, 9.17) is 23.7 Å². The van der Waals surface area contributed by atoms with Crippen LogP contribution >= 0.6 is 0 Å². The lowest BCUT2D eigenvalue weighted by molar-refractivity contribution is -0.185. The fraction of sp³-hybridized carbons (Fsp3) is 0.576. The normalized spacial score (nSPS) is 14.0. The van der Waals surface area contributed by atoms with Crippen LogP contribution in [-0.2, 0) is 29.2 Å². The van der Waals surface area contributed by atoms with Gasteiger partial charge >= 0.3 is 11.9 Å². The van der Waals surface area contributed by atoms with Crippen LogP contribution in [0.2, 0.25) is 0 Å². The van der Waals surface area contributed by atoms with Gasteiger partial charge in [0.1, 0.15) is 37.4 Å². The molecule has 0 aliphatic carbocycles. The topological polar surface area (TPSA) is 121 Å². The van der Waals surface area contributed by atoms with Crippen LogP contribution in [0, 0.1) is 11.8 Å².